The number of rotatable bonds is 10. The molecule has 1 aromatic heterocycles. The van der Waals surface area contributed by atoms with Gasteiger partial charge >= 0.3 is 0 Å². The molecule has 3 rings (SSSR count). The summed E-state index contributed by atoms with van der Waals surface area (Å²) in [5.74, 6) is 1.34. The van der Waals surface area contributed by atoms with Crippen molar-refractivity contribution >= 4 is 21.6 Å². The van der Waals surface area contributed by atoms with Crippen LogP contribution in [0.3, 0.4) is 0 Å². The summed E-state index contributed by atoms with van der Waals surface area (Å²) in [6.45, 7) is 1.65. The Kier molecular flexibility index (Phi) is 8.25. The molecule has 0 fully saturated rings. The first kappa shape index (κ1) is 24.9. The van der Waals surface area contributed by atoms with Crippen LogP contribution in [0.2, 0.25) is 5.02 Å². The minimum atomic E-state index is -3.98. The van der Waals surface area contributed by atoms with Gasteiger partial charge in [-0.2, -0.15) is 4.31 Å². The lowest BCUT2D eigenvalue weighted by molar-refractivity contribution is 0.162. The van der Waals surface area contributed by atoms with Crippen LogP contribution in [0.1, 0.15) is 30.0 Å². The number of benzene rings is 2. The number of aliphatic hydroxyl groups is 1. The Bertz CT molecular complexity index is 1090. The zero-order valence-electron chi connectivity index (χ0n) is 18.6. The number of hydrogen-bond donors (Lipinski definition) is 1. The summed E-state index contributed by atoms with van der Waals surface area (Å²) in [4.78, 5) is 7.95. The molecule has 1 N–H and O–H groups in total. The van der Waals surface area contributed by atoms with Gasteiger partial charge in [-0.3, -0.25) is 0 Å². The molecule has 176 valence electrons. The van der Waals surface area contributed by atoms with Crippen molar-refractivity contribution in [3.05, 3.63) is 82.9 Å². The van der Waals surface area contributed by atoms with Gasteiger partial charge < -0.3 is 14.6 Å². The smallest absolute Gasteiger partial charge is 0.220 e. The van der Waals surface area contributed by atoms with E-state index in [0.29, 0.717) is 16.5 Å². The largest absolute Gasteiger partial charge is 0.497 e. The maximum absolute atomic E-state index is 13.6. The van der Waals surface area contributed by atoms with Crippen LogP contribution in [0.25, 0.3) is 0 Å². The molecular weight excluding hydrogens is 466 g/mol. The summed E-state index contributed by atoms with van der Waals surface area (Å²) in [6.07, 6.45) is 1.21. The molecule has 10 heteroatoms. The minimum absolute atomic E-state index is 0.00989. The SMILES string of the molecule is COc1ccc(CN(Cc2ccc(OC)cc2)S(=O)(=O)[C@H](C)[C@H](O)c2ncc(Cl)cn2)cc1. The van der Waals surface area contributed by atoms with Crippen LogP contribution >= 0.6 is 11.6 Å². The molecule has 0 aliphatic carbocycles. The summed E-state index contributed by atoms with van der Waals surface area (Å²) >= 11 is 5.81. The maximum atomic E-state index is 13.6. The highest BCUT2D eigenvalue weighted by Crippen LogP contribution is 2.26. The lowest BCUT2D eigenvalue weighted by Gasteiger charge is -2.28. The topological polar surface area (TPSA) is 102 Å². The van der Waals surface area contributed by atoms with Crippen molar-refractivity contribution in [2.75, 3.05) is 14.2 Å². The number of aliphatic hydroxyl groups excluding tert-OH is 1. The van der Waals surface area contributed by atoms with Crippen molar-refractivity contribution in [3.8, 4) is 11.5 Å². The maximum Gasteiger partial charge on any atom is 0.220 e. The highest BCUT2D eigenvalue weighted by molar-refractivity contribution is 7.89. The Morgan fingerprint density at radius 3 is 1.73 bits per heavy atom. The van der Waals surface area contributed by atoms with Crippen molar-refractivity contribution in [2.24, 2.45) is 0 Å². The van der Waals surface area contributed by atoms with Crippen molar-refractivity contribution in [2.45, 2.75) is 31.4 Å². The van der Waals surface area contributed by atoms with Gasteiger partial charge in [0.25, 0.3) is 0 Å². The van der Waals surface area contributed by atoms with E-state index < -0.39 is 21.4 Å². The van der Waals surface area contributed by atoms with E-state index in [1.54, 1.807) is 62.8 Å². The third-order valence-electron chi connectivity index (χ3n) is 5.22. The van der Waals surface area contributed by atoms with E-state index in [2.05, 4.69) is 9.97 Å². The van der Waals surface area contributed by atoms with Crippen LogP contribution in [0.15, 0.2) is 60.9 Å². The summed E-state index contributed by atoms with van der Waals surface area (Å²) < 4.78 is 38.9. The highest BCUT2D eigenvalue weighted by Gasteiger charge is 2.36. The van der Waals surface area contributed by atoms with Gasteiger partial charge in [0, 0.05) is 25.5 Å². The molecule has 1 heterocycles. The second-order valence-corrected chi connectivity index (χ2v) is 10.1. The van der Waals surface area contributed by atoms with Crippen molar-refractivity contribution in [1.29, 1.82) is 0 Å². The average Bonchev–Trinajstić information content (AvgIpc) is 2.84. The summed E-state index contributed by atoms with van der Waals surface area (Å²) in [5.41, 5.74) is 1.55. The lowest BCUT2D eigenvalue weighted by atomic mass is 10.2. The van der Waals surface area contributed by atoms with Crippen molar-refractivity contribution in [1.82, 2.24) is 14.3 Å². The van der Waals surface area contributed by atoms with Crippen LogP contribution in [0.4, 0.5) is 0 Å². The molecule has 0 aliphatic rings. The molecule has 0 spiro atoms. The number of nitrogens with zero attached hydrogens (tertiary/aromatic N) is 3. The number of aromatic nitrogens is 2. The van der Waals surface area contributed by atoms with Crippen molar-refractivity contribution < 1.29 is 23.0 Å². The monoisotopic (exact) mass is 491 g/mol. The Hall–Kier alpha value is -2.72. The summed E-state index contributed by atoms with van der Waals surface area (Å²) in [5, 5.41) is 9.82. The van der Waals surface area contributed by atoms with Crippen LogP contribution in [0.5, 0.6) is 11.5 Å². The zero-order valence-corrected chi connectivity index (χ0v) is 20.1. The molecule has 0 unspecified atom stereocenters. The molecule has 0 saturated heterocycles. The van der Waals surface area contributed by atoms with Gasteiger partial charge in [0.2, 0.25) is 10.0 Å². The van der Waals surface area contributed by atoms with Gasteiger partial charge in [-0.15, -0.1) is 0 Å². The number of ether oxygens (including phenoxy) is 2. The van der Waals surface area contributed by atoms with E-state index >= 15 is 0 Å². The molecular formula is C23H26ClN3O5S. The molecule has 0 bridgehead atoms. The third-order valence-corrected chi connectivity index (χ3v) is 7.59. The molecule has 8 nitrogen and oxygen atoms in total. The minimum Gasteiger partial charge on any atom is -0.497 e. The van der Waals surface area contributed by atoms with E-state index in [1.165, 1.54) is 23.6 Å². The molecule has 0 amide bonds. The fourth-order valence-electron chi connectivity index (χ4n) is 3.19. The van der Waals surface area contributed by atoms with E-state index in [9.17, 15) is 13.5 Å². The number of sulfonamides is 1. The first-order chi connectivity index (χ1) is 15.7. The fourth-order valence-corrected chi connectivity index (χ4v) is 4.86. The molecule has 0 aliphatic heterocycles. The Morgan fingerprint density at radius 1 is 0.909 bits per heavy atom. The molecule has 0 saturated carbocycles. The molecule has 33 heavy (non-hydrogen) atoms. The number of halogens is 1. The standard InChI is InChI=1S/C23H26ClN3O5S/c1-16(22(28)23-25-12-19(24)13-26-23)33(29,30)27(14-17-4-8-20(31-2)9-5-17)15-18-6-10-21(32-3)11-7-18/h4-13,16,22,28H,14-15H2,1-3H3/t16-,22+/m1/s1. The Labute approximate surface area is 198 Å². The predicted molar refractivity (Wildman–Crippen MR) is 126 cm³/mol. The van der Waals surface area contributed by atoms with Gasteiger partial charge in [0.05, 0.1) is 19.2 Å². The number of methoxy groups -OCH3 is 2. The molecule has 0 radical (unpaired) electrons. The first-order valence-corrected chi connectivity index (χ1v) is 12.0. The van der Waals surface area contributed by atoms with Crippen LogP contribution in [0, 0.1) is 0 Å². The van der Waals surface area contributed by atoms with Gasteiger partial charge in [0.15, 0.2) is 5.82 Å². The Balaban J connectivity index is 1.91. The van der Waals surface area contributed by atoms with Gasteiger partial charge in [-0.1, -0.05) is 35.9 Å². The summed E-state index contributed by atoms with van der Waals surface area (Å²) in [7, 11) is -0.845. The van der Waals surface area contributed by atoms with Gasteiger partial charge in [0.1, 0.15) is 22.9 Å². The van der Waals surface area contributed by atoms with Crippen LogP contribution in [-0.4, -0.2) is 47.3 Å². The predicted octanol–water partition coefficient (Wildman–Crippen LogP) is 3.60. The molecule has 2 aromatic carbocycles. The van der Waals surface area contributed by atoms with E-state index in [-0.39, 0.29) is 18.9 Å². The quantitative estimate of drug-likeness (QED) is 0.462. The van der Waals surface area contributed by atoms with Crippen LogP contribution < -0.4 is 9.47 Å². The molecule has 2 atom stereocenters. The summed E-state index contributed by atoms with van der Waals surface area (Å²) in [6, 6.07) is 14.3. The molecule has 3 aromatic rings. The second kappa shape index (κ2) is 10.9. The Morgan fingerprint density at radius 2 is 1.33 bits per heavy atom. The third kappa shape index (κ3) is 6.20. The van der Waals surface area contributed by atoms with E-state index in [0.717, 1.165) is 11.1 Å². The van der Waals surface area contributed by atoms with E-state index in [4.69, 9.17) is 21.1 Å². The van der Waals surface area contributed by atoms with Gasteiger partial charge in [-0.25, -0.2) is 18.4 Å². The highest BCUT2D eigenvalue weighted by atomic mass is 35.5. The fraction of sp³-hybridized carbons (Fsp3) is 0.304. The average molecular weight is 492 g/mol. The normalized spacial score (nSPS) is 13.5. The lowest BCUT2D eigenvalue weighted by Crippen LogP contribution is -2.40. The zero-order chi connectivity index (χ0) is 24.0. The second-order valence-electron chi connectivity index (χ2n) is 7.42. The van der Waals surface area contributed by atoms with Crippen molar-refractivity contribution in [3.63, 3.8) is 0 Å². The number of hydrogen-bond acceptors (Lipinski definition) is 7. The van der Waals surface area contributed by atoms with Crippen LogP contribution in [-0.2, 0) is 23.1 Å². The first-order valence-electron chi connectivity index (χ1n) is 10.1. The van der Waals surface area contributed by atoms with Gasteiger partial charge in [-0.05, 0) is 42.3 Å². The van der Waals surface area contributed by atoms with E-state index in [1.807, 2.05) is 0 Å².